The van der Waals surface area contributed by atoms with Crippen LogP contribution in [-0.4, -0.2) is 14.6 Å². The smallest absolute Gasteiger partial charge is 0.257 e. The monoisotopic (exact) mass is 273 g/mol. The number of pyridine rings is 1. The van der Waals surface area contributed by atoms with Crippen molar-refractivity contribution in [2.75, 3.05) is 0 Å². The molecule has 0 saturated carbocycles. The molecule has 0 aliphatic rings. The number of hydrogen-bond acceptors (Lipinski definition) is 5. The number of nitrogens with one attached hydrogen (secondary N) is 1. The highest BCUT2D eigenvalue weighted by Gasteiger charge is 2.15. The topological polar surface area (TPSA) is 78.5 Å². The molecule has 0 aromatic carbocycles. The number of nitrogens with zero attached hydrogens (tertiary/aromatic N) is 3. The highest BCUT2D eigenvalue weighted by Crippen LogP contribution is 1.96. The van der Waals surface area contributed by atoms with Gasteiger partial charge < -0.3 is 0 Å². The normalized spacial score (nSPS) is 12.2. The van der Waals surface area contributed by atoms with Gasteiger partial charge in [-0.1, -0.05) is 11.2 Å². The fourth-order valence-corrected chi connectivity index (χ4v) is 2.54. The van der Waals surface area contributed by atoms with E-state index in [2.05, 4.69) is 15.1 Å². The van der Waals surface area contributed by atoms with Crippen molar-refractivity contribution < 1.29 is 4.98 Å². The van der Waals surface area contributed by atoms with Crippen LogP contribution in [0.15, 0.2) is 34.0 Å². The molecule has 0 amide bonds. The second kappa shape index (κ2) is 4.36. The summed E-state index contributed by atoms with van der Waals surface area (Å²) in [6.07, 6.45) is 3.33. The van der Waals surface area contributed by atoms with Crippen LogP contribution in [0, 0.1) is 6.92 Å². The third-order valence-electron chi connectivity index (χ3n) is 2.57. The summed E-state index contributed by atoms with van der Waals surface area (Å²) in [6.45, 7) is 1.56. The predicted molar refractivity (Wildman–Crippen MR) is 69.9 cm³/mol. The fraction of sp³-hybridized carbons (Fsp3) is 0.0833. The van der Waals surface area contributed by atoms with Crippen LogP contribution >= 0.6 is 11.3 Å². The Morgan fingerprint density at radius 1 is 1.37 bits per heavy atom. The van der Waals surface area contributed by atoms with Gasteiger partial charge in [-0.15, -0.1) is 0 Å². The minimum atomic E-state index is -0.286. The van der Waals surface area contributed by atoms with E-state index in [1.54, 1.807) is 31.3 Å². The van der Waals surface area contributed by atoms with Crippen molar-refractivity contribution >= 4 is 22.4 Å². The molecule has 0 unspecified atom stereocenters. The van der Waals surface area contributed by atoms with Crippen LogP contribution in [-0.2, 0) is 0 Å². The zero-order valence-electron chi connectivity index (χ0n) is 9.95. The third kappa shape index (κ3) is 2.04. The molecule has 1 N–H and O–H groups in total. The van der Waals surface area contributed by atoms with Crippen LogP contribution < -0.4 is 20.6 Å². The Kier molecular flexibility index (Phi) is 2.68. The van der Waals surface area contributed by atoms with Gasteiger partial charge in [0, 0.05) is 6.20 Å². The largest absolute Gasteiger partial charge is 0.377 e. The Morgan fingerprint density at radius 3 is 2.95 bits per heavy atom. The number of hydrogen-bond donors (Lipinski definition) is 0. The van der Waals surface area contributed by atoms with Gasteiger partial charge in [0.05, 0.1) is 5.69 Å². The van der Waals surface area contributed by atoms with E-state index in [-0.39, 0.29) is 16.8 Å². The first kappa shape index (κ1) is 11.7. The van der Waals surface area contributed by atoms with E-state index >= 15 is 0 Å². The fourth-order valence-electron chi connectivity index (χ4n) is 1.63. The molecule has 0 radical (unpaired) electrons. The molecule has 3 aromatic rings. The van der Waals surface area contributed by atoms with E-state index in [1.165, 1.54) is 15.9 Å². The van der Waals surface area contributed by atoms with Gasteiger partial charge in [-0.2, -0.15) is 4.98 Å². The van der Waals surface area contributed by atoms with Gasteiger partial charge in [0.1, 0.15) is 4.53 Å². The number of H-pyrrole nitrogens is 1. The van der Waals surface area contributed by atoms with Gasteiger partial charge >= 0.3 is 16.1 Å². The quantitative estimate of drug-likeness (QED) is 0.580. The Hall–Kier alpha value is -2.41. The summed E-state index contributed by atoms with van der Waals surface area (Å²) in [5.41, 5.74) is 0.401. The number of rotatable bonds is 1. The predicted octanol–water partition coefficient (Wildman–Crippen LogP) is -0.819. The van der Waals surface area contributed by atoms with Crippen molar-refractivity contribution in [2.45, 2.75) is 6.92 Å². The summed E-state index contributed by atoms with van der Waals surface area (Å²) < 4.78 is 1.68. The molecule has 19 heavy (non-hydrogen) atoms. The average Bonchev–Trinajstić information content (AvgIpc) is 2.69. The molecular weight excluding hydrogens is 264 g/mol. The first-order valence-electron chi connectivity index (χ1n) is 5.54. The Bertz CT molecular complexity index is 915. The molecule has 94 valence electrons. The maximum atomic E-state index is 12.1. The number of thiazole rings is 1. The maximum absolute atomic E-state index is 12.1. The first-order chi connectivity index (χ1) is 9.15. The maximum Gasteiger partial charge on any atom is 0.377 e. The molecular formula is C12H9N4O2S+. The van der Waals surface area contributed by atoms with Crippen LogP contribution in [0.4, 0.5) is 0 Å². The Morgan fingerprint density at radius 2 is 2.21 bits per heavy atom. The average molecular weight is 273 g/mol. The summed E-state index contributed by atoms with van der Waals surface area (Å²) >= 11 is 1.18. The zero-order chi connectivity index (χ0) is 13.4. The lowest BCUT2D eigenvalue weighted by Gasteiger charge is -1.86. The lowest BCUT2D eigenvalue weighted by atomic mass is 10.3. The highest BCUT2D eigenvalue weighted by atomic mass is 32.1. The van der Waals surface area contributed by atoms with Crippen molar-refractivity contribution in [3.8, 4) is 0 Å². The number of aromatic amines is 1. The van der Waals surface area contributed by atoms with E-state index in [0.717, 1.165) is 0 Å². The lowest BCUT2D eigenvalue weighted by molar-refractivity contribution is -0.368. The number of aromatic nitrogens is 4. The molecule has 3 rings (SSSR count). The van der Waals surface area contributed by atoms with Crippen LogP contribution in [0.5, 0.6) is 0 Å². The van der Waals surface area contributed by atoms with Gasteiger partial charge in [0.2, 0.25) is 0 Å². The molecule has 0 bridgehead atoms. The lowest BCUT2D eigenvalue weighted by Crippen LogP contribution is -2.35. The molecule has 0 atom stereocenters. The van der Waals surface area contributed by atoms with Crippen LogP contribution in [0.3, 0.4) is 0 Å². The Balaban J connectivity index is 2.33. The molecule has 3 aromatic heterocycles. The van der Waals surface area contributed by atoms with Gasteiger partial charge in [0.25, 0.3) is 0 Å². The van der Waals surface area contributed by atoms with E-state index < -0.39 is 0 Å². The summed E-state index contributed by atoms with van der Waals surface area (Å²) in [7, 11) is 0. The molecule has 0 aliphatic carbocycles. The minimum absolute atomic E-state index is 0.259. The molecule has 0 saturated heterocycles. The number of aryl methyl sites for hydroxylation is 1. The van der Waals surface area contributed by atoms with Crippen molar-refractivity contribution in [3.63, 3.8) is 0 Å². The SMILES string of the molecule is Cc1nn2c(=O)c(=Cc3ccccn3)sc2[nH+]c1=O. The zero-order valence-corrected chi connectivity index (χ0v) is 10.8. The van der Waals surface area contributed by atoms with E-state index in [9.17, 15) is 9.59 Å². The van der Waals surface area contributed by atoms with Crippen LogP contribution in [0.2, 0.25) is 0 Å². The Labute approximate surface area is 110 Å². The second-order valence-electron chi connectivity index (χ2n) is 3.93. The van der Waals surface area contributed by atoms with E-state index in [1.807, 2.05) is 6.07 Å². The summed E-state index contributed by atoms with van der Waals surface area (Å²) in [4.78, 5) is 30.8. The summed E-state index contributed by atoms with van der Waals surface area (Å²) in [6, 6.07) is 5.45. The highest BCUT2D eigenvalue weighted by molar-refractivity contribution is 7.14. The van der Waals surface area contributed by atoms with Gasteiger partial charge in [-0.3, -0.25) is 4.98 Å². The molecule has 3 heterocycles. The number of fused-ring (bicyclic) bond motifs is 1. The molecule has 7 heteroatoms. The first-order valence-corrected chi connectivity index (χ1v) is 6.35. The van der Waals surface area contributed by atoms with E-state index in [4.69, 9.17) is 0 Å². The molecule has 0 spiro atoms. The summed E-state index contributed by atoms with van der Waals surface area (Å²) in [5.74, 6) is 0. The minimum Gasteiger partial charge on any atom is -0.257 e. The van der Waals surface area contributed by atoms with E-state index in [0.29, 0.717) is 15.2 Å². The van der Waals surface area contributed by atoms with Crippen LogP contribution in [0.25, 0.3) is 11.0 Å². The van der Waals surface area contributed by atoms with Gasteiger partial charge in [-0.25, -0.2) is 9.59 Å². The van der Waals surface area contributed by atoms with Gasteiger partial charge in [0.15, 0.2) is 5.69 Å². The van der Waals surface area contributed by atoms with Gasteiger partial charge in [-0.05, 0) is 41.0 Å². The molecule has 6 nitrogen and oxygen atoms in total. The van der Waals surface area contributed by atoms with Crippen molar-refractivity contribution in [3.05, 3.63) is 61.0 Å². The molecule has 0 aliphatic heterocycles. The summed E-state index contributed by atoms with van der Waals surface area (Å²) in [5, 5.41) is 3.97. The third-order valence-corrected chi connectivity index (χ3v) is 3.55. The standard InChI is InChI=1S/C12H8N4O2S/c1-7-10(17)14-12-16(15-7)11(18)9(19-12)6-8-4-2-3-5-13-8/h2-6H,1H3/p+1. The van der Waals surface area contributed by atoms with Crippen molar-refractivity contribution in [1.29, 1.82) is 0 Å². The molecule has 0 fully saturated rings. The van der Waals surface area contributed by atoms with Crippen molar-refractivity contribution in [1.82, 2.24) is 14.6 Å². The van der Waals surface area contributed by atoms with Crippen LogP contribution in [0.1, 0.15) is 11.4 Å². The second-order valence-corrected chi connectivity index (χ2v) is 4.96. The van der Waals surface area contributed by atoms with Crippen molar-refractivity contribution in [2.24, 2.45) is 0 Å².